The predicted octanol–water partition coefficient (Wildman–Crippen LogP) is 2.24. The smallest absolute Gasteiger partial charge is 0.299 e. The Morgan fingerprint density at radius 3 is 2.36 bits per heavy atom. The van der Waals surface area contributed by atoms with Gasteiger partial charge in [0.05, 0.1) is 23.0 Å². The summed E-state index contributed by atoms with van der Waals surface area (Å²) in [6, 6.07) is 2.10. The zero-order valence-electron chi connectivity index (χ0n) is 10.5. The first kappa shape index (κ1) is 18.0. The van der Waals surface area contributed by atoms with E-state index in [0.29, 0.717) is 0 Å². The summed E-state index contributed by atoms with van der Waals surface area (Å²) >= 11 is 0. The molecule has 0 atom stereocenters. The molecule has 0 bridgehead atoms. The average Bonchev–Trinajstić information content (AvgIpc) is 2.90. The molecule has 2 aromatic rings. The van der Waals surface area contributed by atoms with Crippen molar-refractivity contribution in [2.24, 2.45) is 0 Å². The largest absolute Gasteiger partial charge is 0.417 e. The van der Waals surface area contributed by atoms with E-state index in [4.69, 9.17) is 0 Å². The van der Waals surface area contributed by atoms with Crippen molar-refractivity contribution < 1.29 is 22.8 Å². The van der Waals surface area contributed by atoms with Crippen molar-refractivity contribution in [3.63, 3.8) is 0 Å². The van der Waals surface area contributed by atoms with Crippen LogP contribution in [0.25, 0.3) is 11.2 Å². The van der Waals surface area contributed by atoms with Gasteiger partial charge in [0.25, 0.3) is 11.8 Å². The highest BCUT2D eigenvalue weighted by molar-refractivity contribution is 6.33. The Labute approximate surface area is 134 Å². The minimum atomic E-state index is -4.50. The number of nitrogens with one attached hydrogen (secondary N) is 1. The lowest BCUT2D eigenvalue weighted by Gasteiger charge is -2.08. The molecule has 10 heteroatoms. The van der Waals surface area contributed by atoms with E-state index >= 15 is 0 Å². The molecule has 0 spiro atoms. The lowest BCUT2D eigenvalue weighted by molar-refractivity contribution is -0.137. The molecular weight excluding hydrogens is 346 g/mol. The van der Waals surface area contributed by atoms with Gasteiger partial charge in [0.2, 0.25) is 0 Å². The lowest BCUT2D eigenvalue weighted by Crippen LogP contribution is -2.22. The topological polar surface area (TPSA) is 63.5 Å². The fraction of sp³-hybridized carbons (Fsp3) is 0.0833. The molecule has 2 aromatic heterocycles. The van der Waals surface area contributed by atoms with Crippen LogP contribution < -0.4 is 5.32 Å². The molecule has 22 heavy (non-hydrogen) atoms. The predicted molar refractivity (Wildman–Crippen MR) is 75.8 cm³/mol. The van der Waals surface area contributed by atoms with E-state index in [0.717, 1.165) is 22.7 Å². The van der Waals surface area contributed by atoms with Gasteiger partial charge in [-0.2, -0.15) is 13.2 Å². The van der Waals surface area contributed by atoms with E-state index in [1.165, 1.54) is 12.3 Å². The van der Waals surface area contributed by atoms with E-state index in [2.05, 4.69) is 4.98 Å². The summed E-state index contributed by atoms with van der Waals surface area (Å²) in [6.45, 7) is 0. The van der Waals surface area contributed by atoms with Crippen LogP contribution in [0.2, 0.25) is 0 Å². The number of carbonyl (C=O) groups excluding carboxylic acids is 2. The number of halogens is 5. The molecule has 3 rings (SSSR count). The Morgan fingerprint density at radius 1 is 1.14 bits per heavy atom. The second-order valence-corrected chi connectivity index (χ2v) is 4.16. The summed E-state index contributed by atoms with van der Waals surface area (Å²) in [5.74, 6) is -1.26. The zero-order chi connectivity index (χ0) is 14.5. The number of amides is 2. The van der Waals surface area contributed by atoms with Gasteiger partial charge in [-0.1, -0.05) is 0 Å². The van der Waals surface area contributed by atoms with Crippen LogP contribution in [0, 0.1) is 0 Å². The molecule has 3 heterocycles. The van der Waals surface area contributed by atoms with Crippen molar-refractivity contribution in [3.05, 3.63) is 41.9 Å². The minimum absolute atomic E-state index is 0. The average molecular weight is 354 g/mol. The van der Waals surface area contributed by atoms with Gasteiger partial charge in [0.1, 0.15) is 5.65 Å². The third kappa shape index (κ3) is 2.93. The molecule has 0 radical (unpaired) electrons. The van der Waals surface area contributed by atoms with E-state index in [1.807, 2.05) is 5.32 Å². The van der Waals surface area contributed by atoms with Crippen LogP contribution in [0.3, 0.4) is 0 Å². The molecular formula is C12H8Cl2F3N3O2. The first-order chi connectivity index (χ1) is 9.36. The molecule has 5 nitrogen and oxygen atoms in total. The van der Waals surface area contributed by atoms with Crippen molar-refractivity contribution >= 4 is 47.8 Å². The molecule has 0 saturated carbocycles. The minimum Gasteiger partial charge on any atom is -0.299 e. The van der Waals surface area contributed by atoms with Gasteiger partial charge in [-0.15, -0.1) is 24.8 Å². The van der Waals surface area contributed by atoms with Crippen LogP contribution in [0.4, 0.5) is 13.2 Å². The van der Waals surface area contributed by atoms with Crippen molar-refractivity contribution in [1.82, 2.24) is 14.7 Å². The maximum Gasteiger partial charge on any atom is 0.417 e. The van der Waals surface area contributed by atoms with E-state index in [1.54, 1.807) is 0 Å². The van der Waals surface area contributed by atoms with E-state index in [-0.39, 0.29) is 41.7 Å². The first-order valence-corrected chi connectivity index (χ1v) is 5.48. The fourth-order valence-corrected chi connectivity index (χ4v) is 1.95. The molecule has 1 aliphatic rings. The summed E-state index contributed by atoms with van der Waals surface area (Å²) in [6.07, 6.45) is -1.38. The highest BCUT2D eigenvalue weighted by Gasteiger charge is 2.32. The van der Waals surface area contributed by atoms with Crippen LogP contribution in [0.15, 0.2) is 30.6 Å². The molecule has 0 saturated heterocycles. The van der Waals surface area contributed by atoms with Crippen LogP contribution in [0.5, 0.6) is 0 Å². The normalized spacial score (nSPS) is 14.2. The molecule has 1 aliphatic heterocycles. The molecule has 0 unspecified atom stereocenters. The van der Waals surface area contributed by atoms with Gasteiger partial charge in [0.15, 0.2) is 0 Å². The molecule has 2 amide bonds. The van der Waals surface area contributed by atoms with Crippen LogP contribution in [-0.2, 0) is 15.8 Å². The number of carbonyl (C=O) groups is 2. The quantitative estimate of drug-likeness (QED) is 0.799. The first-order valence-electron chi connectivity index (χ1n) is 5.48. The second kappa shape index (κ2) is 5.98. The van der Waals surface area contributed by atoms with Gasteiger partial charge >= 0.3 is 6.18 Å². The Bertz CT molecular complexity index is 784. The number of imidazole rings is 1. The summed E-state index contributed by atoms with van der Waals surface area (Å²) in [5, 5.41) is 2.03. The maximum absolute atomic E-state index is 12.7. The van der Waals surface area contributed by atoms with E-state index < -0.39 is 23.6 Å². The summed E-state index contributed by atoms with van der Waals surface area (Å²) in [7, 11) is 0. The van der Waals surface area contributed by atoms with Gasteiger partial charge in [-0.05, 0) is 12.1 Å². The number of fused-ring (bicyclic) bond motifs is 1. The third-order valence-corrected chi connectivity index (χ3v) is 2.87. The number of alkyl halides is 3. The Hall–Kier alpha value is -2.06. The Morgan fingerprint density at radius 2 is 1.82 bits per heavy atom. The highest BCUT2D eigenvalue weighted by Crippen LogP contribution is 2.30. The molecule has 0 fully saturated rings. The number of rotatable bonds is 1. The molecule has 0 aliphatic carbocycles. The fourth-order valence-electron chi connectivity index (χ4n) is 1.95. The standard InChI is InChI=1S/C12H6F3N3O2.2ClH/c13-12(14,15)6-1-2-9-16-4-8(18(9)5-6)7-3-10(19)17-11(7)20;;/h1-5H,(H,17,19,20);2*1H. The van der Waals surface area contributed by atoms with Crippen LogP contribution in [0.1, 0.15) is 11.3 Å². The van der Waals surface area contributed by atoms with Crippen LogP contribution in [-0.4, -0.2) is 21.2 Å². The monoisotopic (exact) mass is 353 g/mol. The summed E-state index contributed by atoms with van der Waals surface area (Å²) < 4.78 is 39.2. The number of aromatic nitrogens is 2. The van der Waals surface area contributed by atoms with Crippen molar-refractivity contribution in [3.8, 4) is 0 Å². The van der Waals surface area contributed by atoms with Crippen molar-refractivity contribution in [2.75, 3.05) is 0 Å². The highest BCUT2D eigenvalue weighted by atomic mass is 35.5. The van der Waals surface area contributed by atoms with Crippen molar-refractivity contribution in [2.45, 2.75) is 6.18 Å². The molecule has 118 valence electrons. The number of hydrogen-bond donors (Lipinski definition) is 1. The summed E-state index contributed by atoms with van der Waals surface area (Å²) in [5.41, 5.74) is -0.494. The van der Waals surface area contributed by atoms with Gasteiger partial charge in [-0.3, -0.25) is 19.3 Å². The Kier molecular flexibility index (Phi) is 4.89. The maximum atomic E-state index is 12.7. The molecule has 0 aromatic carbocycles. The second-order valence-electron chi connectivity index (χ2n) is 4.16. The van der Waals surface area contributed by atoms with Crippen LogP contribution >= 0.6 is 24.8 Å². The summed E-state index contributed by atoms with van der Waals surface area (Å²) in [4.78, 5) is 26.6. The van der Waals surface area contributed by atoms with Gasteiger partial charge in [0, 0.05) is 12.3 Å². The zero-order valence-corrected chi connectivity index (χ0v) is 12.2. The number of hydrogen-bond acceptors (Lipinski definition) is 3. The number of pyridine rings is 1. The number of imide groups is 1. The lowest BCUT2D eigenvalue weighted by atomic mass is 10.2. The number of nitrogens with zero attached hydrogens (tertiary/aromatic N) is 2. The molecule has 1 N–H and O–H groups in total. The SMILES string of the molecule is Cl.Cl.O=C1C=C(c2cnc3ccc(C(F)(F)F)cn23)C(=O)N1. The van der Waals surface area contributed by atoms with Gasteiger partial charge in [-0.25, -0.2) is 4.98 Å². The van der Waals surface area contributed by atoms with Gasteiger partial charge < -0.3 is 0 Å². The van der Waals surface area contributed by atoms with Crippen molar-refractivity contribution in [1.29, 1.82) is 0 Å². The Balaban J connectivity index is 0.00000121. The third-order valence-electron chi connectivity index (χ3n) is 2.87. The van der Waals surface area contributed by atoms with E-state index in [9.17, 15) is 22.8 Å².